The molecule has 0 aliphatic heterocycles. The number of fused-ring (bicyclic) bond motifs is 4. The number of nitriles is 1. The van der Waals surface area contributed by atoms with Crippen molar-refractivity contribution in [1.29, 1.82) is 5.26 Å². The molecule has 5 nitrogen and oxygen atoms in total. The molecular weight excluding hydrogens is 406 g/mol. The third-order valence-electron chi connectivity index (χ3n) is 6.45. The second-order valence-electron chi connectivity index (χ2n) is 8.91. The Morgan fingerprint density at radius 3 is 2.48 bits per heavy atom. The standard InChI is InChI=1S/C28H21N5/c1-28(2,16-29)19-10-7-17(8-11-19)27-26-21-13-18(9-12-24(21)31-15-25(26)32-33-27)22-14-30-23-6-4-3-5-20(22)23/h3-15,30H,1-2H3,(H,32,33). The van der Waals surface area contributed by atoms with Crippen molar-refractivity contribution in [3.05, 3.63) is 84.7 Å². The molecule has 0 saturated heterocycles. The maximum atomic E-state index is 9.45. The van der Waals surface area contributed by atoms with Crippen molar-refractivity contribution in [2.45, 2.75) is 19.3 Å². The summed E-state index contributed by atoms with van der Waals surface area (Å²) < 4.78 is 0. The van der Waals surface area contributed by atoms with Gasteiger partial charge in [0, 0.05) is 39.0 Å². The number of aromatic amines is 2. The predicted octanol–water partition coefficient (Wildman–Crippen LogP) is 6.73. The van der Waals surface area contributed by atoms with E-state index in [1.807, 2.05) is 50.4 Å². The van der Waals surface area contributed by atoms with E-state index >= 15 is 0 Å². The lowest BCUT2D eigenvalue weighted by Gasteiger charge is -2.15. The molecule has 33 heavy (non-hydrogen) atoms. The van der Waals surface area contributed by atoms with E-state index in [0.717, 1.165) is 55.3 Å². The first-order chi connectivity index (χ1) is 16.0. The summed E-state index contributed by atoms with van der Waals surface area (Å²) >= 11 is 0. The average Bonchev–Trinajstić information content (AvgIpc) is 3.48. The summed E-state index contributed by atoms with van der Waals surface area (Å²) in [6.45, 7) is 3.86. The van der Waals surface area contributed by atoms with Crippen LogP contribution in [0.3, 0.4) is 0 Å². The van der Waals surface area contributed by atoms with Gasteiger partial charge in [-0.15, -0.1) is 0 Å². The SMILES string of the molecule is CC(C)(C#N)c1ccc(-c2n[nH]c3cnc4ccc(-c5c[nH]c6ccccc56)cc4c23)cc1. The van der Waals surface area contributed by atoms with Gasteiger partial charge in [-0.1, -0.05) is 48.5 Å². The van der Waals surface area contributed by atoms with Crippen LogP contribution >= 0.6 is 0 Å². The van der Waals surface area contributed by atoms with Gasteiger partial charge in [0.05, 0.1) is 28.7 Å². The number of nitrogens with zero attached hydrogens (tertiary/aromatic N) is 3. The van der Waals surface area contributed by atoms with Crippen LogP contribution in [0.4, 0.5) is 0 Å². The van der Waals surface area contributed by atoms with Crippen molar-refractivity contribution < 1.29 is 0 Å². The van der Waals surface area contributed by atoms with E-state index in [1.54, 1.807) is 0 Å². The monoisotopic (exact) mass is 427 g/mol. The number of benzene rings is 3. The fraction of sp³-hybridized carbons (Fsp3) is 0.107. The van der Waals surface area contributed by atoms with E-state index in [-0.39, 0.29) is 0 Å². The Labute approximate surface area is 190 Å². The van der Waals surface area contributed by atoms with Crippen LogP contribution in [0.5, 0.6) is 0 Å². The highest BCUT2D eigenvalue weighted by atomic mass is 15.1. The molecule has 6 aromatic rings. The fourth-order valence-corrected chi connectivity index (χ4v) is 4.50. The lowest BCUT2D eigenvalue weighted by atomic mass is 9.86. The second-order valence-corrected chi connectivity index (χ2v) is 8.91. The number of para-hydroxylation sites is 1. The van der Waals surface area contributed by atoms with Crippen molar-refractivity contribution in [3.63, 3.8) is 0 Å². The van der Waals surface area contributed by atoms with Crippen LogP contribution in [0.1, 0.15) is 19.4 Å². The molecular formula is C28H21N5. The van der Waals surface area contributed by atoms with Gasteiger partial charge in [-0.05, 0) is 43.2 Å². The van der Waals surface area contributed by atoms with Gasteiger partial charge in [0.1, 0.15) is 5.69 Å². The van der Waals surface area contributed by atoms with Crippen LogP contribution in [-0.2, 0) is 5.41 Å². The molecule has 2 N–H and O–H groups in total. The molecule has 3 aromatic carbocycles. The molecule has 0 bridgehead atoms. The molecule has 0 aliphatic carbocycles. The van der Waals surface area contributed by atoms with E-state index in [1.165, 1.54) is 5.39 Å². The van der Waals surface area contributed by atoms with E-state index in [0.29, 0.717) is 0 Å². The number of hydrogen-bond donors (Lipinski definition) is 2. The van der Waals surface area contributed by atoms with Crippen molar-refractivity contribution >= 4 is 32.7 Å². The largest absolute Gasteiger partial charge is 0.361 e. The third-order valence-corrected chi connectivity index (χ3v) is 6.45. The molecule has 0 spiro atoms. The normalized spacial score (nSPS) is 11.9. The van der Waals surface area contributed by atoms with Crippen molar-refractivity contribution in [3.8, 4) is 28.5 Å². The number of nitrogens with one attached hydrogen (secondary N) is 2. The topological polar surface area (TPSA) is 81.2 Å². The van der Waals surface area contributed by atoms with Gasteiger partial charge in [-0.2, -0.15) is 10.4 Å². The van der Waals surface area contributed by atoms with Gasteiger partial charge in [-0.25, -0.2) is 0 Å². The van der Waals surface area contributed by atoms with Crippen LogP contribution in [-0.4, -0.2) is 20.2 Å². The van der Waals surface area contributed by atoms with E-state index in [9.17, 15) is 5.26 Å². The molecule has 0 saturated carbocycles. The highest BCUT2D eigenvalue weighted by molar-refractivity contribution is 6.12. The number of aromatic nitrogens is 4. The van der Waals surface area contributed by atoms with E-state index < -0.39 is 5.41 Å². The minimum absolute atomic E-state index is 0.531. The maximum Gasteiger partial charge on any atom is 0.101 e. The van der Waals surface area contributed by atoms with Gasteiger partial charge >= 0.3 is 0 Å². The lowest BCUT2D eigenvalue weighted by Crippen LogP contribution is -2.13. The molecule has 158 valence electrons. The van der Waals surface area contributed by atoms with Gasteiger partial charge in [-0.3, -0.25) is 10.1 Å². The van der Waals surface area contributed by atoms with Crippen LogP contribution in [0.25, 0.3) is 55.1 Å². The lowest BCUT2D eigenvalue weighted by molar-refractivity contribution is 0.687. The Bertz CT molecular complexity index is 1690. The first kappa shape index (κ1) is 19.3. The zero-order valence-electron chi connectivity index (χ0n) is 18.3. The highest BCUT2D eigenvalue weighted by Crippen LogP contribution is 2.36. The summed E-state index contributed by atoms with van der Waals surface area (Å²) in [5.41, 5.74) is 7.58. The van der Waals surface area contributed by atoms with E-state index in [4.69, 9.17) is 0 Å². The van der Waals surface area contributed by atoms with Crippen molar-refractivity contribution in [2.75, 3.05) is 0 Å². The summed E-state index contributed by atoms with van der Waals surface area (Å²) in [7, 11) is 0. The molecule has 0 atom stereocenters. The summed E-state index contributed by atoms with van der Waals surface area (Å²) in [6.07, 6.45) is 3.90. The molecule has 6 rings (SSSR count). The summed E-state index contributed by atoms with van der Waals surface area (Å²) in [5.74, 6) is 0. The summed E-state index contributed by atoms with van der Waals surface area (Å²) in [4.78, 5) is 8.01. The van der Waals surface area contributed by atoms with Crippen LogP contribution < -0.4 is 0 Å². The number of rotatable bonds is 3. The van der Waals surface area contributed by atoms with Crippen LogP contribution in [0.2, 0.25) is 0 Å². The summed E-state index contributed by atoms with van der Waals surface area (Å²) in [6, 6.07) is 25.2. The Balaban J connectivity index is 1.55. The minimum Gasteiger partial charge on any atom is -0.361 e. The molecule has 0 amide bonds. The predicted molar refractivity (Wildman–Crippen MR) is 133 cm³/mol. The number of H-pyrrole nitrogens is 2. The zero-order valence-corrected chi connectivity index (χ0v) is 18.3. The molecule has 3 aromatic heterocycles. The minimum atomic E-state index is -0.531. The quantitative estimate of drug-likeness (QED) is 0.329. The van der Waals surface area contributed by atoms with E-state index in [2.05, 4.69) is 68.8 Å². The van der Waals surface area contributed by atoms with Gasteiger partial charge in [0.15, 0.2) is 0 Å². The van der Waals surface area contributed by atoms with Crippen molar-refractivity contribution in [2.24, 2.45) is 0 Å². The Morgan fingerprint density at radius 1 is 0.879 bits per heavy atom. The molecule has 5 heteroatoms. The van der Waals surface area contributed by atoms with Crippen LogP contribution in [0.15, 0.2) is 79.1 Å². The molecule has 0 unspecified atom stereocenters. The molecule has 0 fully saturated rings. The third kappa shape index (κ3) is 3.00. The molecule has 3 heterocycles. The maximum absolute atomic E-state index is 9.45. The Hall–Kier alpha value is -4.43. The van der Waals surface area contributed by atoms with Crippen LogP contribution in [0, 0.1) is 11.3 Å². The van der Waals surface area contributed by atoms with Gasteiger partial charge in [0.2, 0.25) is 0 Å². The zero-order chi connectivity index (χ0) is 22.6. The fourth-order valence-electron chi connectivity index (χ4n) is 4.50. The first-order valence-corrected chi connectivity index (χ1v) is 10.9. The van der Waals surface area contributed by atoms with Gasteiger partial charge in [0.25, 0.3) is 0 Å². The van der Waals surface area contributed by atoms with Gasteiger partial charge < -0.3 is 4.98 Å². The first-order valence-electron chi connectivity index (χ1n) is 10.9. The number of hydrogen-bond acceptors (Lipinski definition) is 3. The summed E-state index contributed by atoms with van der Waals surface area (Å²) in [5, 5.41) is 20.5. The molecule has 0 aliphatic rings. The molecule has 0 radical (unpaired) electrons. The average molecular weight is 428 g/mol. The number of pyridine rings is 1. The smallest absolute Gasteiger partial charge is 0.101 e. The Kier molecular flexibility index (Phi) is 4.11. The Morgan fingerprint density at radius 2 is 1.67 bits per heavy atom. The second kappa shape index (κ2) is 7.04. The van der Waals surface area contributed by atoms with Crippen molar-refractivity contribution in [1.82, 2.24) is 20.2 Å². The highest BCUT2D eigenvalue weighted by Gasteiger charge is 2.20.